The fourth-order valence-corrected chi connectivity index (χ4v) is 4.62. The van der Waals surface area contributed by atoms with Gasteiger partial charge in [0.05, 0.1) is 16.8 Å². The molecule has 0 heterocycles. The lowest BCUT2D eigenvalue weighted by Gasteiger charge is -2.18. The number of hydrogen-bond donors (Lipinski definition) is 3. The predicted molar refractivity (Wildman–Crippen MR) is 139 cm³/mol. The number of nitrogens with two attached hydrogens (primary N) is 1. The van der Waals surface area contributed by atoms with Crippen molar-refractivity contribution < 1.29 is 18.8 Å². The molecule has 1 unspecified atom stereocenters. The molecular weight excluding hydrogens is 477 g/mol. The van der Waals surface area contributed by atoms with Gasteiger partial charge < -0.3 is 16.4 Å². The van der Waals surface area contributed by atoms with Gasteiger partial charge in [-0.15, -0.1) is 11.8 Å². The van der Waals surface area contributed by atoms with Gasteiger partial charge in [0.1, 0.15) is 11.1 Å². The normalized spacial score (nSPS) is 11.4. The third-order valence-electron chi connectivity index (χ3n) is 5.26. The van der Waals surface area contributed by atoms with E-state index in [0.29, 0.717) is 16.3 Å². The van der Waals surface area contributed by atoms with Gasteiger partial charge in [0, 0.05) is 10.6 Å². The van der Waals surface area contributed by atoms with Crippen LogP contribution in [0.2, 0.25) is 0 Å². The zero-order valence-electron chi connectivity index (χ0n) is 19.0. The average molecular weight is 500 g/mol. The highest BCUT2D eigenvalue weighted by Crippen LogP contribution is 2.37. The number of para-hydroxylation sites is 1. The maximum absolute atomic E-state index is 14.0. The summed E-state index contributed by atoms with van der Waals surface area (Å²) in [4.78, 5) is 38.4. The van der Waals surface area contributed by atoms with Crippen molar-refractivity contribution in [2.75, 3.05) is 10.6 Å². The van der Waals surface area contributed by atoms with E-state index in [2.05, 4.69) is 10.6 Å². The molecule has 0 bridgehead atoms. The summed E-state index contributed by atoms with van der Waals surface area (Å²) in [5.74, 6) is -2.18. The molecule has 0 aliphatic rings. The first-order valence-corrected chi connectivity index (χ1v) is 11.9. The second-order valence-electron chi connectivity index (χ2n) is 7.77. The molecule has 180 valence electrons. The van der Waals surface area contributed by atoms with Crippen LogP contribution < -0.4 is 16.4 Å². The molecule has 36 heavy (non-hydrogen) atoms. The lowest BCUT2D eigenvalue weighted by atomic mass is 10.1. The second-order valence-corrected chi connectivity index (χ2v) is 8.95. The molecule has 4 aromatic rings. The molecule has 6 nitrogen and oxygen atoms in total. The molecule has 0 aliphatic carbocycles. The van der Waals surface area contributed by atoms with Gasteiger partial charge in [-0.25, -0.2) is 4.39 Å². The topological polar surface area (TPSA) is 101 Å². The minimum atomic E-state index is -0.676. The quantitative estimate of drug-likeness (QED) is 0.273. The summed E-state index contributed by atoms with van der Waals surface area (Å²) in [6.07, 6.45) is 0. The van der Waals surface area contributed by atoms with Crippen LogP contribution in [0.25, 0.3) is 0 Å². The van der Waals surface area contributed by atoms with Crippen molar-refractivity contribution in [3.8, 4) is 0 Å². The van der Waals surface area contributed by atoms with E-state index in [1.807, 2.05) is 36.4 Å². The number of benzene rings is 4. The first-order chi connectivity index (χ1) is 17.4. The number of hydrogen-bond acceptors (Lipinski definition) is 4. The third kappa shape index (κ3) is 5.97. The molecule has 0 radical (unpaired) electrons. The van der Waals surface area contributed by atoms with Gasteiger partial charge in [-0.05, 0) is 48.0 Å². The number of halogens is 1. The molecule has 0 aromatic heterocycles. The molecule has 0 saturated heterocycles. The highest BCUT2D eigenvalue weighted by molar-refractivity contribution is 8.00. The van der Waals surface area contributed by atoms with Crippen LogP contribution in [-0.2, 0) is 4.79 Å². The minimum Gasteiger partial charge on any atom is -0.366 e. The number of anilines is 2. The molecule has 0 aliphatic heterocycles. The van der Waals surface area contributed by atoms with Crippen LogP contribution in [0, 0.1) is 5.82 Å². The maximum Gasteiger partial charge on any atom is 0.258 e. The fraction of sp³-hybridized carbons (Fsp3) is 0.0357. The number of primary amides is 1. The van der Waals surface area contributed by atoms with Crippen molar-refractivity contribution in [1.29, 1.82) is 0 Å². The van der Waals surface area contributed by atoms with E-state index in [4.69, 9.17) is 5.73 Å². The summed E-state index contributed by atoms with van der Waals surface area (Å²) in [6.45, 7) is 0. The van der Waals surface area contributed by atoms with E-state index < -0.39 is 22.9 Å². The lowest BCUT2D eigenvalue weighted by Crippen LogP contribution is -2.22. The molecule has 0 fully saturated rings. The van der Waals surface area contributed by atoms with Gasteiger partial charge in [-0.1, -0.05) is 60.7 Å². The van der Waals surface area contributed by atoms with Crippen LogP contribution in [0.3, 0.4) is 0 Å². The largest absolute Gasteiger partial charge is 0.366 e. The van der Waals surface area contributed by atoms with Gasteiger partial charge in [-0.3, -0.25) is 14.4 Å². The van der Waals surface area contributed by atoms with Crippen molar-refractivity contribution in [2.45, 2.75) is 10.1 Å². The van der Waals surface area contributed by atoms with Crippen LogP contribution in [0.4, 0.5) is 15.8 Å². The monoisotopic (exact) mass is 499 g/mol. The summed E-state index contributed by atoms with van der Waals surface area (Å²) < 4.78 is 14.0. The van der Waals surface area contributed by atoms with Crippen molar-refractivity contribution in [3.63, 3.8) is 0 Å². The Morgan fingerprint density at radius 1 is 0.750 bits per heavy atom. The number of thioether (sulfide) groups is 1. The Bertz CT molecular complexity index is 1410. The molecule has 4 N–H and O–H groups in total. The third-order valence-corrected chi connectivity index (χ3v) is 6.50. The van der Waals surface area contributed by atoms with Gasteiger partial charge in [0.25, 0.3) is 11.8 Å². The first-order valence-electron chi connectivity index (χ1n) is 11.0. The number of carbonyl (C=O) groups is 3. The molecule has 0 spiro atoms. The van der Waals surface area contributed by atoms with E-state index in [1.165, 1.54) is 30.0 Å². The molecular formula is C28H22FN3O3S. The fourth-order valence-electron chi connectivity index (χ4n) is 3.53. The molecule has 4 rings (SSSR count). The summed E-state index contributed by atoms with van der Waals surface area (Å²) in [7, 11) is 0. The second kappa shape index (κ2) is 11.3. The Labute approximate surface area is 211 Å². The van der Waals surface area contributed by atoms with Crippen molar-refractivity contribution >= 4 is 40.9 Å². The first kappa shape index (κ1) is 24.7. The average Bonchev–Trinajstić information content (AvgIpc) is 2.88. The van der Waals surface area contributed by atoms with E-state index in [-0.39, 0.29) is 17.0 Å². The summed E-state index contributed by atoms with van der Waals surface area (Å²) in [6, 6.07) is 28.4. The van der Waals surface area contributed by atoms with Crippen molar-refractivity contribution in [3.05, 3.63) is 126 Å². The molecule has 1 atom stereocenters. The zero-order valence-corrected chi connectivity index (χ0v) is 19.8. The Balaban J connectivity index is 1.58. The smallest absolute Gasteiger partial charge is 0.258 e. The highest BCUT2D eigenvalue weighted by Gasteiger charge is 2.24. The van der Waals surface area contributed by atoms with Gasteiger partial charge in [0.15, 0.2) is 0 Å². The molecule has 0 saturated carbocycles. The molecule has 4 aromatic carbocycles. The minimum absolute atomic E-state index is 0.0646. The predicted octanol–water partition coefficient (Wildman–Crippen LogP) is 5.65. The van der Waals surface area contributed by atoms with Crippen molar-refractivity contribution in [1.82, 2.24) is 0 Å². The number of carbonyl (C=O) groups excluding carboxylic acids is 3. The van der Waals surface area contributed by atoms with Crippen molar-refractivity contribution in [2.24, 2.45) is 5.73 Å². The lowest BCUT2D eigenvalue weighted by molar-refractivity contribution is -0.115. The van der Waals surface area contributed by atoms with Gasteiger partial charge >= 0.3 is 0 Å². The summed E-state index contributed by atoms with van der Waals surface area (Å²) >= 11 is 1.27. The highest BCUT2D eigenvalue weighted by atomic mass is 32.2. The number of rotatable bonds is 8. The van der Waals surface area contributed by atoms with E-state index in [9.17, 15) is 18.8 Å². The summed E-state index contributed by atoms with van der Waals surface area (Å²) in [5, 5.41) is 4.83. The Morgan fingerprint density at radius 3 is 2.14 bits per heavy atom. The number of amides is 3. The van der Waals surface area contributed by atoms with Crippen LogP contribution in [-0.4, -0.2) is 17.7 Å². The Hall–Kier alpha value is -4.43. The van der Waals surface area contributed by atoms with Gasteiger partial charge in [-0.2, -0.15) is 0 Å². The van der Waals surface area contributed by atoms with Crippen LogP contribution >= 0.6 is 11.8 Å². The van der Waals surface area contributed by atoms with Gasteiger partial charge in [0.2, 0.25) is 5.91 Å². The van der Waals surface area contributed by atoms with E-state index >= 15 is 0 Å². The van der Waals surface area contributed by atoms with Crippen LogP contribution in [0.5, 0.6) is 0 Å². The maximum atomic E-state index is 14.0. The molecule has 3 amide bonds. The van der Waals surface area contributed by atoms with E-state index in [1.54, 1.807) is 48.5 Å². The standard InChI is InChI=1S/C28H22FN3O3S/c29-23-15-6-4-13-21(23)27(34)31-19-11-8-12-20(17-19)36-25(18-9-2-1-3-10-18)28(35)32-24-16-7-5-14-22(24)26(30)33/h1-17,25H,(H2,30,33)(H,31,34)(H,32,35). The van der Waals surface area contributed by atoms with Crippen LogP contribution in [0.15, 0.2) is 108 Å². The Morgan fingerprint density at radius 2 is 1.42 bits per heavy atom. The van der Waals surface area contributed by atoms with Crippen LogP contribution in [0.1, 0.15) is 31.5 Å². The summed E-state index contributed by atoms with van der Waals surface area (Å²) in [5.41, 5.74) is 7.13. The molecule has 8 heteroatoms. The zero-order chi connectivity index (χ0) is 25.5. The SMILES string of the molecule is NC(=O)c1ccccc1NC(=O)C(Sc1cccc(NC(=O)c2ccccc2F)c1)c1ccccc1. The van der Waals surface area contributed by atoms with E-state index in [0.717, 1.165) is 5.56 Å². The number of nitrogens with one attached hydrogen (secondary N) is 2. The Kier molecular flexibility index (Phi) is 7.77.